The maximum absolute atomic E-state index is 6.54. The van der Waals surface area contributed by atoms with Crippen LogP contribution in [0.1, 0.15) is 30.4 Å². The third-order valence-electron chi connectivity index (χ3n) is 6.94. The molecule has 2 bridgehead atoms. The lowest BCUT2D eigenvalue weighted by atomic mass is 9.51. The summed E-state index contributed by atoms with van der Waals surface area (Å²) in [5, 5.41) is 0. The molecule has 1 aromatic carbocycles. The maximum Gasteiger partial charge on any atom is 0.166 e. The van der Waals surface area contributed by atoms with Crippen LogP contribution in [0.15, 0.2) is 36.9 Å². The van der Waals surface area contributed by atoms with Gasteiger partial charge < -0.3 is 9.47 Å². The van der Waals surface area contributed by atoms with Crippen molar-refractivity contribution in [2.45, 2.75) is 43.2 Å². The largest absolute Gasteiger partial charge is 0.493 e. The number of likely N-dealkylation sites (tertiary alicyclic amines) is 1. The highest BCUT2D eigenvalue weighted by molar-refractivity contribution is 5.62. The van der Waals surface area contributed by atoms with Crippen molar-refractivity contribution < 1.29 is 9.47 Å². The van der Waals surface area contributed by atoms with Gasteiger partial charge in [0, 0.05) is 23.6 Å². The molecule has 24 heavy (non-hydrogen) atoms. The Labute approximate surface area is 143 Å². The fourth-order valence-electron chi connectivity index (χ4n) is 6.09. The topological polar surface area (TPSA) is 21.7 Å². The van der Waals surface area contributed by atoms with E-state index in [0.29, 0.717) is 12.0 Å². The van der Waals surface area contributed by atoms with Gasteiger partial charge in [-0.3, -0.25) is 4.90 Å². The lowest BCUT2D eigenvalue weighted by Crippen LogP contribution is -2.64. The van der Waals surface area contributed by atoms with Crippen LogP contribution in [0.4, 0.5) is 0 Å². The molecule has 1 aromatic rings. The van der Waals surface area contributed by atoms with Crippen molar-refractivity contribution in [3.8, 4) is 11.5 Å². The van der Waals surface area contributed by atoms with E-state index in [1.165, 1.54) is 23.1 Å². The molecule has 126 valence electrons. The molecule has 0 amide bonds. The van der Waals surface area contributed by atoms with Crippen molar-refractivity contribution in [3.63, 3.8) is 0 Å². The Bertz CT molecular complexity index is 740. The molecule has 0 aromatic heterocycles. The third-order valence-corrected chi connectivity index (χ3v) is 6.94. The highest BCUT2D eigenvalue weighted by Crippen LogP contribution is 2.64. The van der Waals surface area contributed by atoms with E-state index in [4.69, 9.17) is 9.47 Å². The minimum atomic E-state index is 0.120. The Morgan fingerprint density at radius 2 is 2.33 bits per heavy atom. The van der Waals surface area contributed by atoms with Crippen LogP contribution in [-0.2, 0) is 11.8 Å². The number of nitrogens with zero attached hydrogens (tertiary/aromatic N) is 1. The minimum absolute atomic E-state index is 0.120. The highest BCUT2D eigenvalue weighted by Gasteiger charge is 2.64. The minimum Gasteiger partial charge on any atom is -0.493 e. The Morgan fingerprint density at radius 3 is 3.12 bits per heavy atom. The summed E-state index contributed by atoms with van der Waals surface area (Å²) in [6, 6.07) is 4.95. The first-order chi connectivity index (χ1) is 11.7. The summed E-state index contributed by atoms with van der Waals surface area (Å²) in [5.41, 5.74) is 4.30. The SMILES string of the molecule is C=CCN1CCC23c4c5ccc(OC)c4OC2C(=C)CC[C@@H]3[C@@H]1C5. The highest BCUT2D eigenvalue weighted by atomic mass is 16.5. The van der Waals surface area contributed by atoms with E-state index < -0.39 is 0 Å². The number of methoxy groups -OCH3 is 1. The molecule has 5 rings (SSSR count). The van der Waals surface area contributed by atoms with Gasteiger partial charge in [-0.05, 0) is 55.3 Å². The first-order valence-electron chi connectivity index (χ1n) is 9.10. The molecular weight excluding hydrogens is 298 g/mol. The van der Waals surface area contributed by atoms with E-state index in [1.54, 1.807) is 7.11 Å². The normalized spacial score (nSPS) is 36.0. The molecule has 0 N–H and O–H groups in total. The van der Waals surface area contributed by atoms with Crippen molar-refractivity contribution in [2.24, 2.45) is 5.92 Å². The molecule has 4 atom stereocenters. The van der Waals surface area contributed by atoms with Crippen LogP contribution in [0.5, 0.6) is 11.5 Å². The zero-order valence-electron chi connectivity index (χ0n) is 14.4. The van der Waals surface area contributed by atoms with Gasteiger partial charge in [-0.25, -0.2) is 0 Å². The summed E-state index contributed by atoms with van der Waals surface area (Å²) >= 11 is 0. The van der Waals surface area contributed by atoms with E-state index in [9.17, 15) is 0 Å². The molecule has 2 unspecified atom stereocenters. The van der Waals surface area contributed by atoms with Crippen LogP contribution in [0.3, 0.4) is 0 Å². The molecule has 1 saturated heterocycles. The Hall–Kier alpha value is -1.74. The summed E-state index contributed by atoms with van der Waals surface area (Å²) in [7, 11) is 1.74. The predicted molar refractivity (Wildman–Crippen MR) is 94.8 cm³/mol. The number of ether oxygens (including phenoxy) is 2. The summed E-state index contributed by atoms with van der Waals surface area (Å²) < 4.78 is 12.2. The molecule has 1 spiro atoms. The molecule has 3 nitrogen and oxygen atoms in total. The second kappa shape index (κ2) is 4.89. The van der Waals surface area contributed by atoms with Crippen molar-refractivity contribution in [2.75, 3.05) is 20.2 Å². The number of rotatable bonds is 3. The van der Waals surface area contributed by atoms with Gasteiger partial charge in [0.25, 0.3) is 0 Å². The number of benzene rings is 1. The van der Waals surface area contributed by atoms with Gasteiger partial charge in [0.15, 0.2) is 11.5 Å². The van der Waals surface area contributed by atoms with Crippen LogP contribution in [0, 0.1) is 5.92 Å². The molecule has 3 heteroatoms. The van der Waals surface area contributed by atoms with Gasteiger partial charge >= 0.3 is 0 Å². The Balaban J connectivity index is 1.74. The van der Waals surface area contributed by atoms with Gasteiger partial charge in [0.2, 0.25) is 0 Å². The zero-order chi connectivity index (χ0) is 16.5. The van der Waals surface area contributed by atoms with E-state index in [0.717, 1.165) is 43.9 Å². The first kappa shape index (κ1) is 14.6. The van der Waals surface area contributed by atoms with Gasteiger partial charge in [0.05, 0.1) is 7.11 Å². The molecule has 2 heterocycles. The molecule has 2 aliphatic heterocycles. The van der Waals surface area contributed by atoms with Crippen molar-refractivity contribution >= 4 is 0 Å². The standard InChI is InChI=1S/C21H25NO2/c1-4-10-22-11-9-21-15-7-5-13(2)20(21)24-19-17(23-3)8-6-14(18(19)21)12-16(15)22/h4,6,8,15-16,20H,1-2,5,7,9-12H2,3H3/t15-,16+,20?,21?/m1/s1. The molecule has 2 fully saturated rings. The van der Waals surface area contributed by atoms with Gasteiger partial charge in [-0.15, -0.1) is 6.58 Å². The molecular formula is C21H25NO2. The number of piperidine rings is 1. The van der Waals surface area contributed by atoms with Crippen LogP contribution in [0.2, 0.25) is 0 Å². The quantitative estimate of drug-likeness (QED) is 0.795. The Kier molecular flexibility index (Phi) is 2.97. The van der Waals surface area contributed by atoms with Gasteiger partial charge in [-0.1, -0.05) is 18.7 Å². The lowest BCUT2D eigenvalue weighted by molar-refractivity contribution is -0.0275. The Morgan fingerprint density at radius 1 is 1.46 bits per heavy atom. The van der Waals surface area contributed by atoms with Crippen LogP contribution >= 0.6 is 0 Å². The number of hydrogen-bond acceptors (Lipinski definition) is 3. The zero-order valence-corrected chi connectivity index (χ0v) is 14.4. The van der Waals surface area contributed by atoms with E-state index >= 15 is 0 Å². The second-order valence-corrected chi connectivity index (χ2v) is 7.78. The molecule has 4 aliphatic rings. The van der Waals surface area contributed by atoms with E-state index in [1.807, 2.05) is 0 Å². The lowest BCUT2D eigenvalue weighted by Gasteiger charge is -2.58. The monoisotopic (exact) mass is 323 g/mol. The van der Waals surface area contributed by atoms with E-state index in [2.05, 4.69) is 36.3 Å². The summed E-state index contributed by atoms with van der Waals surface area (Å²) in [6.07, 6.45) is 6.77. The van der Waals surface area contributed by atoms with Crippen molar-refractivity contribution in [3.05, 3.63) is 48.1 Å². The summed E-state index contributed by atoms with van der Waals surface area (Å²) in [5.74, 6) is 2.54. The summed E-state index contributed by atoms with van der Waals surface area (Å²) in [6.45, 7) is 10.5. The van der Waals surface area contributed by atoms with Crippen LogP contribution in [0.25, 0.3) is 0 Å². The fraction of sp³-hybridized carbons (Fsp3) is 0.524. The average molecular weight is 323 g/mol. The van der Waals surface area contributed by atoms with Crippen LogP contribution < -0.4 is 9.47 Å². The van der Waals surface area contributed by atoms with Crippen molar-refractivity contribution in [1.82, 2.24) is 4.90 Å². The van der Waals surface area contributed by atoms with Crippen molar-refractivity contribution in [1.29, 1.82) is 0 Å². The summed E-state index contributed by atoms with van der Waals surface area (Å²) in [4.78, 5) is 2.64. The molecule has 2 aliphatic carbocycles. The van der Waals surface area contributed by atoms with E-state index in [-0.39, 0.29) is 11.5 Å². The predicted octanol–water partition coefficient (Wildman–Crippen LogP) is 3.48. The fourth-order valence-corrected chi connectivity index (χ4v) is 6.09. The first-order valence-corrected chi connectivity index (χ1v) is 9.10. The third kappa shape index (κ3) is 1.57. The molecule has 1 saturated carbocycles. The van der Waals surface area contributed by atoms with Gasteiger partial charge in [-0.2, -0.15) is 0 Å². The number of hydrogen-bond donors (Lipinski definition) is 0. The molecule has 0 radical (unpaired) electrons. The van der Waals surface area contributed by atoms with Crippen LogP contribution in [-0.4, -0.2) is 37.2 Å². The van der Waals surface area contributed by atoms with Gasteiger partial charge in [0.1, 0.15) is 6.10 Å². The smallest absolute Gasteiger partial charge is 0.166 e. The average Bonchev–Trinajstić information content (AvgIpc) is 2.94. The second-order valence-electron chi connectivity index (χ2n) is 7.78. The maximum atomic E-state index is 6.54.